The summed E-state index contributed by atoms with van der Waals surface area (Å²) in [6, 6.07) is 0. The van der Waals surface area contributed by atoms with Crippen LogP contribution in [0.4, 0.5) is 4.79 Å². The number of hydrogen-bond acceptors (Lipinski definition) is 4. The average Bonchev–Trinajstić information content (AvgIpc) is 2.67. The smallest absolute Gasteiger partial charge is 0.410 e. The quantitative estimate of drug-likeness (QED) is 0.816. The number of hydrogen-bond donors (Lipinski definition) is 2. The molecule has 1 amide bonds. The number of carboxylic acids is 1. The summed E-state index contributed by atoms with van der Waals surface area (Å²) >= 11 is 0. The molecule has 1 aliphatic heterocycles. The molecular formula is C16H27NO5. The molecule has 2 aliphatic rings. The van der Waals surface area contributed by atoms with Gasteiger partial charge in [0.15, 0.2) is 0 Å². The normalized spacial score (nSPS) is 29.8. The number of carbonyl (C=O) groups is 2. The summed E-state index contributed by atoms with van der Waals surface area (Å²) in [5, 5.41) is 20.6. The highest BCUT2D eigenvalue weighted by Crippen LogP contribution is 2.61. The zero-order valence-electron chi connectivity index (χ0n) is 14.1. The van der Waals surface area contributed by atoms with E-state index in [1.165, 1.54) is 4.90 Å². The standard InChI is InChI=1S/C16H27NO5/c1-13(2,3)22-12(20)17-7-6-16(21,10-17)15(11(18)19)8-14(4,5)9-15/h21H,6-10H2,1-5H3,(H,18,19). The van der Waals surface area contributed by atoms with Crippen molar-refractivity contribution in [3.63, 3.8) is 0 Å². The van der Waals surface area contributed by atoms with Gasteiger partial charge in [0, 0.05) is 6.54 Å². The molecule has 1 atom stereocenters. The maximum Gasteiger partial charge on any atom is 0.410 e. The summed E-state index contributed by atoms with van der Waals surface area (Å²) in [6.07, 6.45) is 0.624. The van der Waals surface area contributed by atoms with E-state index in [4.69, 9.17) is 4.74 Å². The van der Waals surface area contributed by atoms with Gasteiger partial charge in [0.1, 0.15) is 11.2 Å². The van der Waals surface area contributed by atoms with E-state index in [9.17, 15) is 19.8 Å². The summed E-state index contributed by atoms with van der Waals surface area (Å²) in [5.74, 6) is -0.972. The van der Waals surface area contributed by atoms with E-state index < -0.39 is 28.7 Å². The van der Waals surface area contributed by atoms with Crippen LogP contribution >= 0.6 is 0 Å². The number of likely N-dealkylation sites (tertiary alicyclic amines) is 1. The van der Waals surface area contributed by atoms with Crippen molar-refractivity contribution in [2.75, 3.05) is 13.1 Å². The molecule has 1 heterocycles. The lowest BCUT2D eigenvalue weighted by molar-refractivity contribution is -0.202. The zero-order chi connectivity index (χ0) is 17.0. The predicted molar refractivity (Wildman–Crippen MR) is 80.5 cm³/mol. The van der Waals surface area contributed by atoms with Crippen LogP contribution in [-0.4, -0.2) is 51.5 Å². The number of amides is 1. The monoisotopic (exact) mass is 313 g/mol. The van der Waals surface area contributed by atoms with Crippen molar-refractivity contribution < 1.29 is 24.5 Å². The molecule has 6 nitrogen and oxygen atoms in total. The van der Waals surface area contributed by atoms with Gasteiger partial charge in [0.25, 0.3) is 0 Å². The van der Waals surface area contributed by atoms with Crippen LogP contribution in [0.1, 0.15) is 53.9 Å². The van der Waals surface area contributed by atoms with Crippen LogP contribution in [0.25, 0.3) is 0 Å². The first-order chi connectivity index (χ1) is 9.80. The Morgan fingerprint density at radius 1 is 1.18 bits per heavy atom. The Balaban J connectivity index is 2.13. The Morgan fingerprint density at radius 2 is 1.73 bits per heavy atom. The molecular weight excluding hydrogens is 286 g/mol. The molecule has 1 saturated heterocycles. The summed E-state index contributed by atoms with van der Waals surface area (Å²) in [5.41, 5.74) is -3.24. The van der Waals surface area contributed by atoms with Crippen molar-refractivity contribution in [1.29, 1.82) is 0 Å². The minimum absolute atomic E-state index is 0.0181. The van der Waals surface area contributed by atoms with E-state index >= 15 is 0 Å². The SMILES string of the molecule is CC1(C)CC(C(=O)O)(C2(O)CCN(C(=O)OC(C)(C)C)C2)C1. The first kappa shape index (κ1) is 17.1. The molecule has 0 aromatic carbocycles. The maximum absolute atomic E-state index is 12.1. The molecule has 0 spiro atoms. The molecule has 2 fully saturated rings. The number of β-amino-alcohol motifs (C(OH)–C–C–N with tert-alkyl or cyclic N) is 1. The molecule has 2 rings (SSSR count). The fourth-order valence-corrected chi connectivity index (χ4v) is 3.93. The number of aliphatic hydroxyl groups is 1. The van der Waals surface area contributed by atoms with E-state index in [0.717, 1.165) is 0 Å². The Hall–Kier alpha value is -1.30. The first-order valence-electron chi connectivity index (χ1n) is 7.74. The van der Waals surface area contributed by atoms with Gasteiger partial charge < -0.3 is 19.8 Å². The van der Waals surface area contributed by atoms with Crippen LogP contribution in [0.15, 0.2) is 0 Å². The molecule has 0 bridgehead atoms. The number of aliphatic carboxylic acids is 1. The van der Waals surface area contributed by atoms with Gasteiger partial charge in [-0.25, -0.2) is 4.79 Å². The molecule has 0 radical (unpaired) electrons. The van der Waals surface area contributed by atoms with Gasteiger partial charge in [-0.05, 0) is 45.4 Å². The zero-order valence-corrected chi connectivity index (χ0v) is 14.1. The van der Waals surface area contributed by atoms with Crippen molar-refractivity contribution in [3.8, 4) is 0 Å². The fourth-order valence-electron chi connectivity index (χ4n) is 3.93. The maximum atomic E-state index is 12.1. The van der Waals surface area contributed by atoms with E-state index in [0.29, 0.717) is 19.4 Å². The Bertz CT molecular complexity index is 485. The molecule has 6 heteroatoms. The van der Waals surface area contributed by atoms with Gasteiger partial charge in [-0.3, -0.25) is 4.79 Å². The van der Waals surface area contributed by atoms with E-state index in [-0.39, 0.29) is 18.4 Å². The van der Waals surface area contributed by atoms with Crippen LogP contribution < -0.4 is 0 Å². The summed E-state index contributed by atoms with van der Waals surface area (Å²) in [7, 11) is 0. The Kier molecular flexibility index (Phi) is 3.76. The molecule has 1 saturated carbocycles. The van der Waals surface area contributed by atoms with Crippen molar-refractivity contribution in [2.45, 2.75) is 65.1 Å². The third kappa shape index (κ3) is 2.81. The Labute approximate surface area is 131 Å². The third-order valence-electron chi connectivity index (χ3n) is 4.76. The molecule has 22 heavy (non-hydrogen) atoms. The van der Waals surface area contributed by atoms with Gasteiger partial charge in [-0.1, -0.05) is 13.8 Å². The largest absolute Gasteiger partial charge is 0.481 e. The summed E-state index contributed by atoms with van der Waals surface area (Å²) < 4.78 is 5.31. The van der Waals surface area contributed by atoms with E-state index in [1.807, 2.05) is 13.8 Å². The van der Waals surface area contributed by atoms with Gasteiger partial charge in [0.05, 0.1) is 12.0 Å². The second kappa shape index (κ2) is 4.85. The Morgan fingerprint density at radius 3 is 2.14 bits per heavy atom. The molecule has 0 aromatic heterocycles. The van der Waals surface area contributed by atoms with Gasteiger partial charge >= 0.3 is 12.1 Å². The van der Waals surface area contributed by atoms with Crippen molar-refractivity contribution in [2.24, 2.45) is 10.8 Å². The second-order valence-electron chi connectivity index (χ2n) is 8.59. The summed E-state index contributed by atoms with van der Waals surface area (Å²) in [4.78, 5) is 25.3. The van der Waals surface area contributed by atoms with Crippen molar-refractivity contribution in [1.82, 2.24) is 4.90 Å². The number of nitrogens with zero attached hydrogens (tertiary/aromatic N) is 1. The second-order valence-corrected chi connectivity index (χ2v) is 8.59. The van der Waals surface area contributed by atoms with Crippen LogP contribution in [-0.2, 0) is 9.53 Å². The van der Waals surface area contributed by atoms with Crippen molar-refractivity contribution in [3.05, 3.63) is 0 Å². The predicted octanol–water partition coefficient (Wildman–Crippen LogP) is 2.25. The minimum atomic E-state index is -1.38. The summed E-state index contributed by atoms with van der Waals surface area (Å²) in [6.45, 7) is 9.67. The minimum Gasteiger partial charge on any atom is -0.481 e. The molecule has 2 N–H and O–H groups in total. The lowest BCUT2D eigenvalue weighted by atomic mass is 9.48. The molecule has 1 aliphatic carbocycles. The lowest BCUT2D eigenvalue weighted by Crippen LogP contribution is -2.63. The van der Waals surface area contributed by atoms with Crippen molar-refractivity contribution >= 4 is 12.1 Å². The third-order valence-corrected chi connectivity index (χ3v) is 4.76. The van der Waals surface area contributed by atoms with E-state index in [2.05, 4.69) is 0 Å². The molecule has 1 unspecified atom stereocenters. The highest BCUT2D eigenvalue weighted by Gasteiger charge is 2.67. The number of carbonyl (C=O) groups excluding carboxylic acids is 1. The number of ether oxygens (including phenoxy) is 1. The van der Waals surface area contributed by atoms with Crippen LogP contribution in [0, 0.1) is 10.8 Å². The first-order valence-corrected chi connectivity index (χ1v) is 7.74. The van der Waals surface area contributed by atoms with Gasteiger partial charge in [-0.2, -0.15) is 0 Å². The van der Waals surface area contributed by atoms with Crippen LogP contribution in [0.3, 0.4) is 0 Å². The highest BCUT2D eigenvalue weighted by atomic mass is 16.6. The van der Waals surface area contributed by atoms with Crippen LogP contribution in [0.5, 0.6) is 0 Å². The topological polar surface area (TPSA) is 87.1 Å². The lowest BCUT2D eigenvalue weighted by Gasteiger charge is -2.56. The molecule has 0 aromatic rings. The molecule has 126 valence electrons. The van der Waals surface area contributed by atoms with E-state index in [1.54, 1.807) is 20.8 Å². The number of carboxylic acid groups (broad SMARTS) is 1. The van der Waals surface area contributed by atoms with Gasteiger partial charge in [0.2, 0.25) is 0 Å². The van der Waals surface area contributed by atoms with Gasteiger partial charge in [-0.15, -0.1) is 0 Å². The number of rotatable bonds is 2. The highest BCUT2D eigenvalue weighted by molar-refractivity contribution is 5.79. The van der Waals surface area contributed by atoms with Crippen LogP contribution in [0.2, 0.25) is 0 Å². The average molecular weight is 313 g/mol. The fraction of sp³-hybridized carbons (Fsp3) is 0.875.